The van der Waals surface area contributed by atoms with Gasteiger partial charge in [0.05, 0.1) is 0 Å². The molecule has 0 radical (unpaired) electrons. The summed E-state index contributed by atoms with van der Waals surface area (Å²) in [6.07, 6.45) is 3.45. The van der Waals surface area contributed by atoms with E-state index in [2.05, 4.69) is 6.58 Å². The lowest BCUT2D eigenvalue weighted by Gasteiger charge is -2.09. The SMILES string of the molecule is C=C(C)CCC(=O)C1(CN)CC1. The molecule has 0 aromatic heterocycles. The van der Waals surface area contributed by atoms with Crippen LogP contribution in [0.15, 0.2) is 12.2 Å². The van der Waals surface area contributed by atoms with Crippen molar-refractivity contribution in [3.63, 3.8) is 0 Å². The van der Waals surface area contributed by atoms with Crippen LogP contribution in [0.5, 0.6) is 0 Å². The molecule has 0 bridgehead atoms. The van der Waals surface area contributed by atoms with Crippen LogP contribution in [0.4, 0.5) is 0 Å². The van der Waals surface area contributed by atoms with Crippen molar-refractivity contribution < 1.29 is 4.79 Å². The topological polar surface area (TPSA) is 43.1 Å². The van der Waals surface area contributed by atoms with Crippen molar-refractivity contribution in [1.82, 2.24) is 0 Å². The molecule has 0 atom stereocenters. The highest BCUT2D eigenvalue weighted by atomic mass is 16.1. The Morgan fingerprint density at radius 1 is 1.50 bits per heavy atom. The van der Waals surface area contributed by atoms with E-state index in [9.17, 15) is 4.79 Å². The number of nitrogens with two attached hydrogens (primary N) is 1. The number of carbonyl (C=O) groups excluding carboxylic acids is 1. The van der Waals surface area contributed by atoms with Crippen molar-refractivity contribution in [2.24, 2.45) is 11.1 Å². The van der Waals surface area contributed by atoms with Crippen LogP contribution in [0.25, 0.3) is 0 Å². The first-order chi connectivity index (χ1) is 5.60. The molecule has 12 heavy (non-hydrogen) atoms. The van der Waals surface area contributed by atoms with Gasteiger partial charge in [-0.1, -0.05) is 5.57 Å². The van der Waals surface area contributed by atoms with E-state index in [1.54, 1.807) is 0 Å². The van der Waals surface area contributed by atoms with Crippen molar-refractivity contribution in [2.45, 2.75) is 32.6 Å². The van der Waals surface area contributed by atoms with Crippen LogP contribution >= 0.6 is 0 Å². The summed E-state index contributed by atoms with van der Waals surface area (Å²) in [7, 11) is 0. The minimum Gasteiger partial charge on any atom is -0.329 e. The predicted molar refractivity (Wildman–Crippen MR) is 49.8 cm³/mol. The predicted octanol–water partition coefficient (Wildman–Crippen LogP) is 1.65. The van der Waals surface area contributed by atoms with E-state index >= 15 is 0 Å². The highest BCUT2D eigenvalue weighted by molar-refractivity contribution is 5.87. The summed E-state index contributed by atoms with van der Waals surface area (Å²) < 4.78 is 0. The highest BCUT2D eigenvalue weighted by Gasteiger charge is 2.47. The molecule has 0 saturated heterocycles. The Bertz CT molecular complexity index is 204. The van der Waals surface area contributed by atoms with Gasteiger partial charge in [0.25, 0.3) is 0 Å². The number of rotatable bonds is 5. The second kappa shape index (κ2) is 3.40. The first kappa shape index (κ1) is 9.46. The van der Waals surface area contributed by atoms with Crippen LogP contribution in [0.1, 0.15) is 32.6 Å². The molecule has 1 saturated carbocycles. The van der Waals surface area contributed by atoms with Crippen LogP contribution < -0.4 is 5.73 Å². The van der Waals surface area contributed by atoms with Gasteiger partial charge in [-0.2, -0.15) is 0 Å². The zero-order chi connectivity index (χ0) is 9.19. The second-order valence-corrected chi connectivity index (χ2v) is 3.86. The summed E-state index contributed by atoms with van der Waals surface area (Å²) in [6, 6.07) is 0. The Kier molecular flexibility index (Phi) is 2.68. The van der Waals surface area contributed by atoms with E-state index in [1.807, 2.05) is 6.92 Å². The van der Waals surface area contributed by atoms with Crippen molar-refractivity contribution >= 4 is 5.78 Å². The molecule has 0 aromatic carbocycles. The summed E-state index contributed by atoms with van der Waals surface area (Å²) >= 11 is 0. The number of carbonyl (C=O) groups is 1. The Morgan fingerprint density at radius 2 is 2.08 bits per heavy atom. The summed E-state index contributed by atoms with van der Waals surface area (Å²) in [5.41, 5.74) is 6.50. The summed E-state index contributed by atoms with van der Waals surface area (Å²) in [4.78, 5) is 11.5. The van der Waals surface area contributed by atoms with Crippen LogP contribution in [0.2, 0.25) is 0 Å². The van der Waals surface area contributed by atoms with Crippen LogP contribution in [-0.4, -0.2) is 12.3 Å². The molecule has 0 spiro atoms. The van der Waals surface area contributed by atoms with E-state index in [-0.39, 0.29) is 5.41 Å². The monoisotopic (exact) mass is 167 g/mol. The molecule has 0 heterocycles. The summed E-state index contributed by atoms with van der Waals surface area (Å²) in [5.74, 6) is 0.341. The average Bonchev–Trinajstić information content (AvgIpc) is 2.80. The first-order valence-corrected chi connectivity index (χ1v) is 4.48. The Balaban J connectivity index is 2.33. The molecule has 2 N–H and O–H groups in total. The lowest BCUT2D eigenvalue weighted by atomic mass is 9.96. The molecule has 68 valence electrons. The smallest absolute Gasteiger partial charge is 0.140 e. The third-order valence-electron chi connectivity index (χ3n) is 2.61. The molecule has 0 amide bonds. The number of hydrogen-bond acceptors (Lipinski definition) is 2. The van der Waals surface area contributed by atoms with E-state index in [0.717, 1.165) is 24.8 Å². The van der Waals surface area contributed by atoms with E-state index in [4.69, 9.17) is 5.73 Å². The molecule has 1 aliphatic carbocycles. The fraction of sp³-hybridized carbons (Fsp3) is 0.700. The molecule has 1 aliphatic rings. The minimum atomic E-state index is -0.116. The van der Waals surface area contributed by atoms with E-state index in [0.29, 0.717) is 18.7 Å². The van der Waals surface area contributed by atoms with Crippen molar-refractivity contribution in [3.05, 3.63) is 12.2 Å². The van der Waals surface area contributed by atoms with Crippen LogP contribution in [0.3, 0.4) is 0 Å². The highest BCUT2D eigenvalue weighted by Crippen LogP contribution is 2.46. The van der Waals surface area contributed by atoms with Crippen molar-refractivity contribution in [2.75, 3.05) is 6.54 Å². The van der Waals surface area contributed by atoms with Crippen molar-refractivity contribution in [1.29, 1.82) is 0 Å². The van der Waals surface area contributed by atoms with Crippen LogP contribution in [0, 0.1) is 5.41 Å². The standard InChI is InChI=1S/C10H17NO/c1-8(2)3-4-9(12)10(7-11)5-6-10/h1,3-7,11H2,2H3. The normalized spacial score (nSPS) is 18.8. The number of hydrogen-bond donors (Lipinski definition) is 1. The molecule has 1 rings (SSSR count). The van der Waals surface area contributed by atoms with Gasteiger partial charge in [-0.25, -0.2) is 0 Å². The fourth-order valence-electron chi connectivity index (χ4n) is 1.34. The summed E-state index contributed by atoms with van der Waals surface area (Å²) in [6.45, 7) is 6.26. The van der Waals surface area contributed by atoms with Gasteiger partial charge in [0.15, 0.2) is 0 Å². The maximum Gasteiger partial charge on any atom is 0.140 e. The molecular weight excluding hydrogens is 150 g/mol. The largest absolute Gasteiger partial charge is 0.329 e. The summed E-state index contributed by atoms with van der Waals surface area (Å²) in [5, 5.41) is 0. The maximum atomic E-state index is 11.5. The lowest BCUT2D eigenvalue weighted by molar-refractivity contribution is -0.123. The number of allylic oxidation sites excluding steroid dienone is 1. The zero-order valence-corrected chi connectivity index (χ0v) is 7.73. The Morgan fingerprint density at radius 3 is 2.42 bits per heavy atom. The fourth-order valence-corrected chi connectivity index (χ4v) is 1.34. The lowest BCUT2D eigenvalue weighted by Crippen LogP contribution is -2.25. The molecule has 1 fully saturated rings. The van der Waals surface area contributed by atoms with Gasteiger partial charge in [0, 0.05) is 18.4 Å². The number of ketones is 1. The first-order valence-electron chi connectivity index (χ1n) is 4.48. The zero-order valence-electron chi connectivity index (χ0n) is 7.73. The minimum absolute atomic E-state index is 0.116. The van der Waals surface area contributed by atoms with Gasteiger partial charge in [-0.05, 0) is 26.2 Å². The molecule has 0 aromatic rings. The van der Waals surface area contributed by atoms with Gasteiger partial charge in [-0.15, -0.1) is 6.58 Å². The maximum absolute atomic E-state index is 11.5. The van der Waals surface area contributed by atoms with E-state index in [1.165, 1.54) is 0 Å². The van der Waals surface area contributed by atoms with Crippen molar-refractivity contribution in [3.8, 4) is 0 Å². The average molecular weight is 167 g/mol. The molecule has 0 aliphatic heterocycles. The molecular formula is C10H17NO. The van der Waals surface area contributed by atoms with E-state index < -0.39 is 0 Å². The quantitative estimate of drug-likeness (QED) is 0.633. The molecule has 2 heteroatoms. The van der Waals surface area contributed by atoms with Gasteiger partial charge >= 0.3 is 0 Å². The molecule has 2 nitrogen and oxygen atoms in total. The van der Waals surface area contributed by atoms with Gasteiger partial charge in [0.1, 0.15) is 5.78 Å². The number of Topliss-reactive ketones (excluding diaryl/α,β-unsaturated/α-hetero) is 1. The van der Waals surface area contributed by atoms with Crippen LogP contribution in [-0.2, 0) is 4.79 Å². The third-order valence-corrected chi connectivity index (χ3v) is 2.61. The molecule has 0 unspecified atom stereocenters. The Labute approximate surface area is 73.8 Å². The van der Waals surface area contributed by atoms with Gasteiger partial charge in [0.2, 0.25) is 0 Å². The van der Waals surface area contributed by atoms with Gasteiger partial charge < -0.3 is 5.73 Å². The third kappa shape index (κ3) is 1.95. The Hall–Kier alpha value is -0.630. The second-order valence-electron chi connectivity index (χ2n) is 3.86. The van der Waals surface area contributed by atoms with Gasteiger partial charge in [-0.3, -0.25) is 4.79 Å².